The summed E-state index contributed by atoms with van der Waals surface area (Å²) in [5, 5.41) is 8.92. The number of carboxylic acid groups (broad SMARTS) is 1. The van der Waals surface area contributed by atoms with Crippen LogP contribution in [0.15, 0.2) is 18.2 Å². The Balaban J connectivity index is 3.21. The number of benzene rings is 1. The molecule has 0 heterocycles. The van der Waals surface area contributed by atoms with Gasteiger partial charge in [0.2, 0.25) is 0 Å². The van der Waals surface area contributed by atoms with Crippen molar-refractivity contribution < 1.29 is 14.3 Å². The van der Waals surface area contributed by atoms with E-state index in [-0.39, 0.29) is 12.2 Å². The van der Waals surface area contributed by atoms with Crippen molar-refractivity contribution in [2.75, 3.05) is 0 Å². The molecule has 0 radical (unpaired) electrons. The van der Waals surface area contributed by atoms with E-state index in [9.17, 15) is 9.18 Å². The van der Waals surface area contributed by atoms with Crippen molar-refractivity contribution in [3.63, 3.8) is 0 Å². The standard InChI is InChI=1S/C13H18FNO2/c1-8-4-5-9(14)6-10(8)11(7-12(16)17)13(2,3)15/h4-6,11H,7,15H2,1-3H3,(H,16,17). The highest BCUT2D eigenvalue weighted by Gasteiger charge is 2.30. The summed E-state index contributed by atoms with van der Waals surface area (Å²) in [6.45, 7) is 5.34. The molecule has 0 saturated carbocycles. The van der Waals surface area contributed by atoms with Crippen LogP contribution in [0.3, 0.4) is 0 Å². The zero-order valence-electron chi connectivity index (χ0n) is 10.3. The van der Waals surface area contributed by atoms with Gasteiger partial charge in [-0.3, -0.25) is 4.79 Å². The highest BCUT2D eigenvalue weighted by atomic mass is 19.1. The van der Waals surface area contributed by atoms with Crippen molar-refractivity contribution in [2.24, 2.45) is 5.73 Å². The second-order valence-electron chi connectivity index (χ2n) is 4.97. The average molecular weight is 239 g/mol. The van der Waals surface area contributed by atoms with Gasteiger partial charge in [0.25, 0.3) is 0 Å². The monoisotopic (exact) mass is 239 g/mol. The number of hydrogen-bond acceptors (Lipinski definition) is 2. The van der Waals surface area contributed by atoms with Crippen LogP contribution in [0.2, 0.25) is 0 Å². The van der Waals surface area contributed by atoms with Gasteiger partial charge in [0.15, 0.2) is 0 Å². The molecule has 0 bridgehead atoms. The molecule has 0 fully saturated rings. The van der Waals surface area contributed by atoms with E-state index in [1.54, 1.807) is 19.9 Å². The Kier molecular flexibility index (Phi) is 3.88. The summed E-state index contributed by atoms with van der Waals surface area (Å²) in [5.74, 6) is -1.71. The highest BCUT2D eigenvalue weighted by Crippen LogP contribution is 2.32. The van der Waals surface area contributed by atoms with Gasteiger partial charge in [-0.05, 0) is 44.0 Å². The van der Waals surface area contributed by atoms with E-state index in [0.717, 1.165) is 5.56 Å². The molecule has 0 saturated heterocycles. The number of halogens is 1. The zero-order chi connectivity index (χ0) is 13.2. The molecule has 3 N–H and O–H groups in total. The molecule has 0 spiro atoms. The molecular weight excluding hydrogens is 221 g/mol. The van der Waals surface area contributed by atoms with Crippen molar-refractivity contribution in [3.8, 4) is 0 Å². The molecule has 0 aliphatic rings. The molecule has 0 aromatic heterocycles. The Bertz CT molecular complexity index is 424. The quantitative estimate of drug-likeness (QED) is 0.848. The fraction of sp³-hybridized carbons (Fsp3) is 0.462. The Hall–Kier alpha value is -1.42. The molecule has 0 aliphatic heterocycles. The minimum Gasteiger partial charge on any atom is -0.481 e. The van der Waals surface area contributed by atoms with Crippen LogP contribution in [0.25, 0.3) is 0 Å². The van der Waals surface area contributed by atoms with Crippen LogP contribution in [0.1, 0.15) is 37.3 Å². The molecule has 0 amide bonds. The van der Waals surface area contributed by atoms with Gasteiger partial charge in [0.1, 0.15) is 5.82 Å². The van der Waals surface area contributed by atoms with Crippen LogP contribution in [-0.2, 0) is 4.79 Å². The van der Waals surface area contributed by atoms with Gasteiger partial charge in [-0.25, -0.2) is 4.39 Å². The van der Waals surface area contributed by atoms with Crippen LogP contribution in [0, 0.1) is 12.7 Å². The summed E-state index contributed by atoms with van der Waals surface area (Å²) >= 11 is 0. The van der Waals surface area contributed by atoms with Crippen LogP contribution in [0.4, 0.5) is 4.39 Å². The smallest absolute Gasteiger partial charge is 0.304 e. The second kappa shape index (κ2) is 4.84. The summed E-state index contributed by atoms with van der Waals surface area (Å²) in [4.78, 5) is 10.9. The number of nitrogens with two attached hydrogens (primary N) is 1. The van der Waals surface area contributed by atoms with Crippen molar-refractivity contribution in [2.45, 2.75) is 38.6 Å². The molecule has 1 aromatic carbocycles. The Morgan fingerprint density at radius 2 is 2.12 bits per heavy atom. The zero-order valence-corrected chi connectivity index (χ0v) is 10.3. The fourth-order valence-electron chi connectivity index (χ4n) is 1.94. The summed E-state index contributed by atoms with van der Waals surface area (Å²) in [5.41, 5.74) is 6.81. The van der Waals surface area contributed by atoms with E-state index in [1.807, 2.05) is 6.92 Å². The third-order valence-corrected chi connectivity index (χ3v) is 2.89. The van der Waals surface area contributed by atoms with Gasteiger partial charge in [-0.2, -0.15) is 0 Å². The fourth-order valence-corrected chi connectivity index (χ4v) is 1.94. The first kappa shape index (κ1) is 13.6. The lowest BCUT2D eigenvalue weighted by molar-refractivity contribution is -0.137. The van der Waals surface area contributed by atoms with Crippen LogP contribution >= 0.6 is 0 Å². The molecule has 1 atom stereocenters. The molecule has 3 nitrogen and oxygen atoms in total. The largest absolute Gasteiger partial charge is 0.481 e. The maximum absolute atomic E-state index is 13.2. The maximum Gasteiger partial charge on any atom is 0.304 e. The summed E-state index contributed by atoms with van der Waals surface area (Å²) in [6, 6.07) is 4.38. The minimum absolute atomic E-state index is 0.103. The number of rotatable bonds is 4. The van der Waals surface area contributed by atoms with Gasteiger partial charge in [0, 0.05) is 11.5 Å². The molecule has 0 aliphatic carbocycles. The molecule has 4 heteroatoms. The van der Waals surface area contributed by atoms with Crippen molar-refractivity contribution in [3.05, 3.63) is 35.1 Å². The molecule has 1 rings (SSSR count). The predicted octanol–water partition coefficient (Wildman–Crippen LogP) is 2.43. The van der Waals surface area contributed by atoms with E-state index >= 15 is 0 Å². The first-order valence-electron chi connectivity index (χ1n) is 5.48. The van der Waals surface area contributed by atoms with Gasteiger partial charge < -0.3 is 10.8 Å². The topological polar surface area (TPSA) is 63.3 Å². The van der Waals surface area contributed by atoms with Gasteiger partial charge in [-0.1, -0.05) is 6.07 Å². The predicted molar refractivity (Wildman–Crippen MR) is 64.4 cm³/mol. The lowest BCUT2D eigenvalue weighted by Crippen LogP contribution is -2.40. The number of carbonyl (C=O) groups is 1. The normalized spacial score (nSPS) is 13.5. The lowest BCUT2D eigenvalue weighted by Gasteiger charge is -2.31. The Morgan fingerprint density at radius 3 is 2.59 bits per heavy atom. The van der Waals surface area contributed by atoms with E-state index in [4.69, 9.17) is 10.8 Å². The molecule has 94 valence electrons. The maximum atomic E-state index is 13.2. The third kappa shape index (κ3) is 3.53. The molecule has 17 heavy (non-hydrogen) atoms. The first-order valence-corrected chi connectivity index (χ1v) is 5.48. The highest BCUT2D eigenvalue weighted by molar-refractivity contribution is 5.68. The van der Waals surface area contributed by atoms with Crippen LogP contribution in [0.5, 0.6) is 0 Å². The Morgan fingerprint density at radius 1 is 1.53 bits per heavy atom. The number of carboxylic acids is 1. The summed E-state index contributed by atoms with van der Waals surface area (Å²) in [7, 11) is 0. The van der Waals surface area contributed by atoms with E-state index in [0.29, 0.717) is 5.56 Å². The SMILES string of the molecule is Cc1ccc(F)cc1C(CC(=O)O)C(C)(C)N. The minimum atomic E-state index is -0.933. The summed E-state index contributed by atoms with van der Waals surface area (Å²) in [6.07, 6.45) is -0.103. The summed E-state index contributed by atoms with van der Waals surface area (Å²) < 4.78 is 13.2. The van der Waals surface area contributed by atoms with Crippen LogP contribution < -0.4 is 5.73 Å². The van der Waals surface area contributed by atoms with E-state index in [1.165, 1.54) is 12.1 Å². The number of aliphatic carboxylic acids is 1. The molecule has 1 unspecified atom stereocenters. The molecular formula is C13H18FNO2. The van der Waals surface area contributed by atoms with Gasteiger partial charge >= 0.3 is 5.97 Å². The van der Waals surface area contributed by atoms with Crippen molar-refractivity contribution in [1.82, 2.24) is 0 Å². The van der Waals surface area contributed by atoms with Crippen molar-refractivity contribution in [1.29, 1.82) is 0 Å². The Labute approximate surface area is 100 Å². The second-order valence-corrected chi connectivity index (χ2v) is 4.97. The van der Waals surface area contributed by atoms with E-state index in [2.05, 4.69) is 0 Å². The van der Waals surface area contributed by atoms with Gasteiger partial charge in [-0.15, -0.1) is 0 Å². The molecule has 1 aromatic rings. The van der Waals surface area contributed by atoms with Crippen molar-refractivity contribution >= 4 is 5.97 Å². The van der Waals surface area contributed by atoms with Crippen LogP contribution in [-0.4, -0.2) is 16.6 Å². The van der Waals surface area contributed by atoms with E-state index < -0.39 is 17.4 Å². The third-order valence-electron chi connectivity index (χ3n) is 2.89. The number of aryl methyl sites for hydroxylation is 1. The van der Waals surface area contributed by atoms with Gasteiger partial charge in [0.05, 0.1) is 6.42 Å². The number of hydrogen-bond donors (Lipinski definition) is 2. The average Bonchev–Trinajstić information content (AvgIpc) is 2.16. The first-order chi connectivity index (χ1) is 7.71. The lowest BCUT2D eigenvalue weighted by atomic mass is 9.79.